The van der Waals surface area contributed by atoms with Crippen LogP contribution in [0.15, 0.2) is 54.6 Å². The molecule has 0 bridgehead atoms. The number of benzene rings is 2. The predicted molar refractivity (Wildman–Crippen MR) is 142 cm³/mol. The molecule has 2 saturated heterocycles. The van der Waals surface area contributed by atoms with Crippen molar-refractivity contribution in [2.24, 2.45) is 0 Å². The average molecular weight is 505 g/mol. The quantitative estimate of drug-likeness (QED) is 0.358. The number of ether oxygens (including phenoxy) is 1. The molecule has 2 amide bonds. The summed E-state index contributed by atoms with van der Waals surface area (Å²) in [7, 11) is 0. The van der Waals surface area contributed by atoms with Crippen molar-refractivity contribution in [3.8, 4) is 16.2 Å². The van der Waals surface area contributed by atoms with E-state index in [1.807, 2.05) is 44.2 Å². The number of carbonyl (C=O) groups is 2. The van der Waals surface area contributed by atoms with E-state index in [-0.39, 0.29) is 30.0 Å². The molecule has 0 radical (unpaired) electrons. The number of amides is 2. The van der Waals surface area contributed by atoms with Crippen LogP contribution in [0, 0.1) is 6.92 Å². The molecule has 36 heavy (non-hydrogen) atoms. The van der Waals surface area contributed by atoms with E-state index in [0.717, 1.165) is 53.4 Å². The van der Waals surface area contributed by atoms with Crippen LogP contribution in [0.4, 0.5) is 0 Å². The second kappa shape index (κ2) is 10.8. The number of hydrogen-bond acceptors (Lipinski definition) is 6. The summed E-state index contributed by atoms with van der Waals surface area (Å²) in [6.07, 6.45) is 0.999. The highest BCUT2D eigenvalue weighted by Gasteiger charge is 2.23. The van der Waals surface area contributed by atoms with Gasteiger partial charge in [-0.1, -0.05) is 24.3 Å². The molecule has 2 aliphatic rings. The normalized spacial score (nSPS) is 18.4. The lowest BCUT2D eigenvalue weighted by molar-refractivity contribution is -0.120. The second-order valence-electron chi connectivity index (χ2n) is 9.47. The Balaban J connectivity index is 1.23. The van der Waals surface area contributed by atoms with Gasteiger partial charge in [-0.25, -0.2) is 0 Å². The molecule has 2 aliphatic heterocycles. The highest BCUT2D eigenvalue weighted by Crippen LogP contribution is 2.30. The Morgan fingerprint density at radius 2 is 2.03 bits per heavy atom. The van der Waals surface area contributed by atoms with E-state index in [2.05, 4.69) is 45.5 Å². The van der Waals surface area contributed by atoms with Crippen LogP contribution in [0.1, 0.15) is 45.7 Å². The molecule has 0 aliphatic carbocycles. The summed E-state index contributed by atoms with van der Waals surface area (Å²) in [5.41, 5.74) is 3.71. The van der Waals surface area contributed by atoms with E-state index in [4.69, 9.17) is 4.74 Å². The first-order chi connectivity index (χ1) is 17.5. The Morgan fingerprint density at radius 1 is 1.17 bits per heavy atom. The van der Waals surface area contributed by atoms with Gasteiger partial charge in [-0.2, -0.15) is 0 Å². The molecular formula is C28H32N4O3S. The predicted octanol–water partition coefficient (Wildman–Crippen LogP) is 3.54. The molecule has 2 fully saturated rings. The van der Waals surface area contributed by atoms with Gasteiger partial charge in [-0.3, -0.25) is 9.59 Å². The van der Waals surface area contributed by atoms with Gasteiger partial charge < -0.3 is 26.0 Å². The molecule has 2 atom stereocenters. The fourth-order valence-corrected chi connectivity index (χ4v) is 5.37. The summed E-state index contributed by atoms with van der Waals surface area (Å²) in [6, 6.07) is 17.9. The van der Waals surface area contributed by atoms with Crippen molar-refractivity contribution in [1.29, 1.82) is 0 Å². The minimum absolute atomic E-state index is 0.0839. The summed E-state index contributed by atoms with van der Waals surface area (Å²) >= 11 is 1.72. The van der Waals surface area contributed by atoms with Gasteiger partial charge in [-0.15, -0.1) is 11.3 Å². The van der Waals surface area contributed by atoms with Crippen LogP contribution >= 0.6 is 11.3 Å². The van der Waals surface area contributed by atoms with Crippen molar-refractivity contribution in [3.63, 3.8) is 0 Å². The molecule has 188 valence electrons. The summed E-state index contributed by atoms with van der Waals surface area (Å²) in [5, 5.41) is 12.5. The van der Waals surface area contributed by atoms with Crippen molar-refractivity contribution >= 4 is 23.2 Å². The number of rotatable bonds is 9. The molecule has 0 spiro atoms. The third-order valence-electron chi connectivity index (χ3n) is 6.75. The van der Waals surface area contributed by atoms with Gasteiger partial charge in [0.15, 0.2) is 0 Å². The van der Waals surface area contributed by atoms with Crippen LogP contribution in [0.5, 0.6) is 5.75 Å². The minimum Gasteiger partial charge on any atom is -0.488 e. The Labute approximate surface area is 215 Å². The standard InChI is InChI=1S/C28H32N4O3S/c1-17-6-7-21(35-22-14-29-15-22)13-24(17)27(33)32-18(2)19-4-3-5-20(12-19)26-9-8-23(36-26)16-31-25-10-11-30-28(25)34/h3-9,12-13,18,22,25,29,31H,10-11,14-16H2,1-2H3,(H,30,34)(H,32,33)/t18-,25?/m1/s1. The number of aryl methyl sites for hydroxylation is 1. The molecule has 5 rings (SSSR count). The topological polar surface area (TPSA) is 91.5 Å². The van der Waals surface area contributed by atoms with Gasteiger partial charge in [0.1, 0.15) is 11.9 Å². The molecule has 1 aromatic heterocycles. The number of thiophene rings is 1. The Kier molecular flexibility index (Phi) is 7.36. The van der Waals surface area contributed by atoms with Crippen LogP contribution < -0.4 is 26.0 Å². The molecular weight excluding hydrogens is 472 g/mol. The van der Waals surface area contributed by atoms with Gasteiger partial charge in [-0.05, 0) is 67.3 Å². The van der Waals surface area contributed by atoms with E-state index < -0.39 is 0 Å². The van der Waals surface area contributed by atoms with Gasteiger partial charge in [0.2, 0.25) is 5.91 Å². The third-order valence-corrected chi connectivity index (χ3v) is 7.89. The third kappa shape index (κ3) is 5.61. The first-order valence-corrected chi connectivity index (χ1v) is 13.3. The minimum atomic E-state index is -0.153. The largest absolute Gasteiger partial charge is 0.488 e. The zero-order chi connectivity index (χ0) is 25.1. The number of carbonyl (C=O) groups excluding carboxylic acids is 2. The molecule has 3 heterocycles. The van der Waals surface area contributed by atoms with E-state index in [9.17, 15) is 9.59 Å². The van der Waals surface area contributed by atoms with E-state index in [1.165, 1.54) is 4.88 Å². The highest BCUT2D eigenvalue weighted by molar-refractivity contribution is 7.15. The number of hydrogen-bond donors (Lipinski definition) is 4. The molecule has 0 saturated carbocycles. The van der Waals surface area contributed by atoms with Gasteiger partial charge in [0.05, 0.1) is 12.1 Å². The molecule has 1 unspecified atom stereocenters. The fourth-order valence-electron chi connectivity index (χ4n) is 4.42. The van der Waals surface area contributed by atoms with E-state index >= 15 is 0 Å². The lowest BCUT2D eigenvalue weighted by Crippen LogP contribution is -2.50. The lowest BCUT2D eigenvalue weighted by Gasteiger charge is -2.28. The number of nitrogens with one attached hydrogen (secondary N) is 4. The second-order valence-corrected chi connectivity index (χ2v) is 10.6. The zero-order valence-corrected chi connectivity index (χ0v) is 21.4. The summed E-state index contributed by atoms with van der Waals surface area (Å²) in [6.45, 7) is 7.03. The van der Waals surface area contributed by atoms with Crippen LogP contribution in [0.3, 0.4) is 0 Å². The summed E-state index contributed by atoms with van der Waals surface area (Å²) in [4.78, 5) is 27.2. The first kappa shape index (κ1) is 24.5. The van der Waals surface area contributed by atoms with Gasteiger partial charge in [0, 0.05) is 41.5 Å². The monoisotopic (exact) mass is 504 g/mol. The SMILES string of the molecule is Cc1ccc(OC2CNC2)cc1C(=O)N[C@H](C)c1cccc(-c2ccc(CNC3CCNC3=O)s2)c1. The smallest absolute Gasteiger partial charge is 0.252 e. The van der Waals surface area contributed by atoms with E-state index in [0.29, 0.717) is 12.1 Å². The van der Waals surface area contributed by atoms with Crippen molar-refractivity contribution in [2.75, 3.05) is 19.6 Å². The maximum Gasteiger partial charge on any atom is 0.252 e. The van der Waals surface area contributed by atoms with Crippen LogP contribution in [0.25, 0.3) is 10.4 Å². The molecule has 4 N–H and O–H groups in total. The highest BCUT2D eigenvalue weighted by atomic mass is 32.1. The van der Waals surface area contributed by atoms with Gasteiger partial charge >= 0.3 is 0 Å². The summed E-state index contributed by atoms with van der Waals surface area (Å²) < 4.78 is 5.94. The van der Waals surface area contributed by atoms with Crippen molar-refractivity contribution in [3.05, 3.63) is 76.2 Å². The fraction of sp³-hybridized carbons (Fsp3) is 0.357. The maximum absolute atomic E-state index is 13.1. The Bertz CT molecular complexity index is 1250. The molecule has 8 heteroatoms. The van der Waals surface area contributed by atoms with Crippen molar-refractivity contribution in [1.82, 2.24) is 21.3 Å². The maximum atomic E-state index is 13.1. The molecule has 2 aromatic carbocycles. The van der Waals surface area contributed by atoms with Gasteiger partial charge in [0.25, 0.3) is 5.91 Å². The van der Waals surface area contributed by atoms with Crippen LogP contribution in [0.2, 0.25) is 0 Å². The Morgan fingerprint density at radius 3 is 2.78 bits per heavy atom. The average Bonchev–Trinajstić information content (AvgIpc) is 3.49. The first-order valence-electron chi connectivity index (χ1n) is 12.5. The van der Waals surface area contributed by atoms with Crippen LogP contribution in [-0.2, 0) is 11.3 Å². The zero-order valence-electron chi connectivity index (χ0n) is 20.6. The van der Waals surface area contributed by atoms with Crippen molar-refractivity contribution in [2.45, 2.75) is 45.0 Å². The van der Waals surface area contributed by atoms with Crippen molar-refractivity contribution < 1.29 is 14.3 Å². The molecule has 7 nitrogen and oxygen atoms in total. The lowest BCUT2D eigenvalue weighted by atomic mass is 10.0. The van der Waals surface area contributed by atoms with Crippen LogP contribution in [-0.4, -0.2) is 43.6 Å². The summed E-state index contributed by atoms with van der Waals surface area (Å²) in [5.74, 6) is 0.701. The Hall–Kier alpha value is -3.20. The molecule has 3 aromatic rings. The van der Waals surface area contributed by atoms with E-state index in [1.54, 1.807) is 11.3 Å².